The van der Waals surface area contributed by atoms with Crippen molar-refractivity contribution in [3.05, 3.63) is 47.0 Å². The third kappa shape index (κ3) is 1.78. The summed E-state index contributed by atoms with van der Waals surface area (Å²) in [7, 11) is 0. The molecule has 1 aromatic carbocycles. The largest absolute Gasteiger partial charge is 0.326 e. The number of nitrogens with zero attached hydrogens (tertiary/aromatic N) is 3. The molecule has 2 N–H and O–H groups in total. The van der Waals surface area contributed by atoms with Crippen molar-refractivity contribution in [3.63, 3.8) is 0 Å². The normalized spacial score (nSPS) is 10.1. The molecule has 0 radical (unpaired) electrons. The van der Waals surface area contributed by atoms with Crippen molar-refractivity contribution in [1.29, 1.82) is 5.26 Å². The summed E-state index contributed by atoms with van der Waals surface area (Å²) >= 11 is 6.05. The number of aromatic nitrogens is 2. The van der Waals surface area contributed by atoms with E-state index < -0.39 is 0 Å². The van der Waals surface area contributed by atoms with Gasteiger partial charge in [-0.25, -0.2) is 4.98 Å². The van der Waals surface area contributed by atoms with Crippen LogP contribution in [0.3, 0.4) is 0 Å². The number of benzene rings is 1. The van der Waals surface area contributed by atoms with Crippen LogP contribution in [-0.2, 0) is 6.54 Å². The number of rotatable bonds is 2. The molecule has 0 amide bonds. The quantitative estimate of drug-likeness (QED) is 0.859. The average Bonchev–Trinajstić information content (AvgIpc) is 2.77. The van der Waals surface area contributed by atoms with Gasteiger partial charge in [0, 0.05) is 29.6 Å². The van der Waals surface area contributed by atoms with E-state index in [1.54, 1.807) is 23.0 Å². The maximum atomic E-state index is 8.85. The number of nitrogens with two attached hydrogens (primary N) is 1. The maximum Gasteiger partial charge on any atom is 0.217 e. The molecule has 16 heavy (non-hydrogen) atoms. The Labute approximate surface area is 97.9 Å². The standard InChI is InChI=1S/C11H9ClN4/c12-10-5-9(2-1-8(10)6-13)16-4-3-15-11(16)7-14/h1-5H,6,13H2. The van der Waals surface area contributed by atoms with E-state index in [1.165, 1.54) is 0 Å². The van der Waals surface area contributed by atoms with Gasteiger partial charge in [-0.05, 0) is 17.7 Å². The van der Waals surface area contributed by atoms with Crippen LogP contribution in [0, 0.1) is 11.3 Å². The van der Waals surface area contributed by atoms with Crippen LogP contribution in [0.5, 0.6) is 0 Å². The van der Waals surface area contributed by atoms with Crippen LogP contribution < -0.4 is 5.73 Å². The van der Waals surface area contributed by atoms with Crippen molar-refractivity contribution in [2.24, 2.45) is 5.73 Å². The fourth-order valence-electron chi connectivity index (χ4n) is 1.45. The molecule has 0 unspecified atom stereocenters. The van der Waals surface area contributed by atoms with Crippen molar-refractivity contribution in [1.82, 2.24) is 9.55 Å². The fourth-order valence-corrected chi connectivity index (χ4v) is 1.70. The van der Waals surface area contributed by atoms with Gasteiger partial charge in [0.2, 0.25) is 5.82 Å². The summed E-state index contributed by atoms with van der Waals surface area (Å²) in [6.07, 6.45) is 3.29. The average molecular weight is 233 g/mol. The second-order valence-corrected chi connectivity index (χ2v) is 3.62. The van der Waals surface area contributed by atoms with E-state index in [4.69, 9.17) is 22.6 Å². The Morgan fingerprint density at radius 2 is 2.31 bits per heavy atom. The zero-order chi connectivity index (χ0) is 11.5. The van der Waals surface area contributed by atoms with Gasteiger partial charge in [0.15, 0.2) is 0 Å². The van der Waals surface area contributed by atoms with Gasteiger partial charge in [0.05, 0.1) is 0 Å². The predicted molar refractivity (Wildman–Crippen MR) is 61.2 cm³/mol. The van der Waals surface area contributed by atoms with Crippen LogP contribution in [-0.4, -0.2) is 9.55 Å². The molecule has 0 aliphatic heterocycles. The predicted octanol–water partition coefficient (Wildman–Crippen LogP) is 1.86. The Morgan fingerprint density at radius 1 is 1.50 bits per heavy atom. The van der Waals surface area contributed by atoms with Gasteiger partial charge in [-0.1, -0.05) is 17.7 Å². The van der Waals surface area contributed by atoms with Crippen LogP contribution in [0.4, 0.5) is 0 Å². The lowest BCUT2D eigenvalue weighted by Crippen LogP contribution is -2.00. The van der Waals surface area contributed by atoms with E-state index >= 15 is 0 Å². The van der Waals surface area contributed by atoms with E-state index in [0.29, 0.717) is 17.4 Å². The van der Waals surface area contributed by atoms with E-state index in [0.717, 1.165) is 11.3 Å². The second-order valence-electron chi connectivity index (χ2n) is 3.21. The molecule has 2 aromatic rings. The Balaban J connectivity index is 2.50. The van der Waals surface area contributed by atoms with Crippen LogP contribution in [0.25, 0.3) is 5.69 Å². The number of halogens is 1. The van der Waals surface area contributed by atoms with E-state index in [-0.39, 0.29) is 0 Å². The minimum Gasteiger partial charge on any atom is -0.326 e. The lowest BCUT2D eigenvalue weighted by molar-refractivity contribution is 1.01. The Hall–Kier alpha value is -1.83. The van der Waals surface area contributed by atoms with Gasteiger partial charge in [-0.15, -0.1) is 0 Å². The van der Waals surface area contributed by atoms with E-state index in [1.807, 2.05) is 18.2 Å². The summed E-state index contributed by atoms with van der Waals surface area (Å²) in [6.45, 7) is 0.397. The molecule has 0 saturated heterocycles. The molecule has 0 aliphatic rings. The first-order valence-corrected chi connectivity index (χ1v) is 5.06. The molecule has 80 valence electrons. The summed E-state index contributed by atoms with van der Waals surface area (Å²) in [6, 6.07) is 7.48. The first-order valence-electron chi connectivity index (χ1n) is 4.68. The molecule has 0 aliphatic carbocycles. The number of hydrogen-bond acceptors (Lipinski definition) is 3. The van der Waals surface area contributed by atoms with E-state index in [2.05, 4.69) is 4.98 Å². The third-order valence-corrected chi connectivity index (χ3v) is 2.63. The summed E-state index contributed by atoms with van der Waals surface area (Å²) in [5.41, 5.74) is 7.20. The van der Waals surface area contributed by atoms with Crippen LogP contribution in [0.1, 0.15) is 11.4 Å². The molecule has 0 fully saturated rings. The summed E-state index contributed by atoms with van der Waals surface area (Å²) in [5, 5.41) is 9.45. The zero-order valence-electron chi connectivity index (χ0n) is 8.39. The molecular weight excluding hydrogens is 224 g/mol. The minimum atomic E-state index is 0.330. The molecule has 1 aromatic heterocycles. The van der Waals surface area contributed by atoms with Crippen molar-refractivity contribution in [2.75, 3.05) is 0 Å². The number of imidazole rings is 1. The highest BCUT2D eigenvalue weighted by Crippen LogP contribution is 2.20. The van der Waals surface area contributed by atoms with Crippen molar-refractivity contribution < 1.29 is 0 Å². The SMILES string of the molecule is N#Cc1nccn1-c1ccc(CN)c(Cl)c1. The maximum absolute atomic E-state index is 8.85. The van der Waals surface area contributed by atoms with E-state index in [9.17, 15) is 0 Å². The van der Waals surface area contributed by atoms with Crippen LogP contribution >= 0.6 is 11.6 Å². The molecule has 0 spiro atoms. The van der Waals surface area contributed by atoms with Gasteiger partial charge >= 0.3 is 0 Å². The van der Waals surface area contributed by atoms with Crippen molar-refractivity contribution >= 4 is 11.6 Å². The summed E-state index contributed by atoms with van der Waals surface area (Å²) in [4.78, 5) is 3.92. The van der Waals surface area contributed by atoms with Crippen LogP contribution in [0.15, 0.2) is 30.6 Å². The van der Waals surface area contributed by atoms with Crippen molar-refractivity contribution in [3.8, 4) is 11.8 Å². The second kappa shape index (κ2) is 4.35. The van der Waals surface area contributed by atoms with Gasteiger partial charge in [0.25, 0.3) is 0 Å². The minimum absolute atomic E-state index is 0.330. The van der Waals surface area contributed by atoms with Crippen molar-refractivity contribution in [2.45, 2.75) is 6.54 Å². The molecular formula is C11H9ClN4. The first-order chi connectivity index (χ1) is 7.76. The molecule has 0 bridgehead atoms. The van der Waals surface area contributed by atoms with Gasteiger partial charge in [-0.2, -0.15) is 5.26 Å². The topological polar surface area (TPSA) is 67.6 Å². The molecule has 0 atom stereocenters. The lowest BCUT2D eigenvalue weighted by Gasteiger charge is -2.06. The first kappa shape index (κ1) is 10.7. The smallest absolute Gasteiger partial charge is 0.217 e. The highest BCUT2D eigenvalue weighted by molar-refractivity contribution is 6.31. The number of nitriles is 1. The van der Waals surface area contributed by atoms with Crippen LogP contribution in [0.2, 0.25) is 5.02 Å². The Morgan fingerprint density at radius 3 is 2.94 bits per heavy atom. The highest BCUT2D eigenvalue weighted by Gasteiger charge is 2.06. The zero-order valence-corrected chi connectivity index (χ0v) is 9.15. The van der Waals surface area contributed by atoms with Gasteiger partial charge < -0.3 is 5.73 Å². The van der Waals surface area contributed by atoms with Gasteiger partial charge in [-0.3, -0.25) is 4.57 Å². The molecule has 5 heteroatoms. The summed E-state index contributed by atoms with van der Waals surface area (Å²) < 4.78 is 1.67. The third-order valence-electron chi connectivity index (χ3n) is 2.28. The molecule has 2 rings (SSSR count). The Bertz CT molecular complexity index is 553. The summed E-state index contributed by atoms with van der Waals surface area (Å²) in [5.74, 6) is 0.330. The monoisotopic (exact) mass is 232 g/mol. The fraction of sp³-hybridized carbons (Fsp3) is 0.0909. The molecule has 1 heterocycles. The Kier molecular flexibility index (Phi) is 2.91. The molecule has 4 nitrogen and oxygen atoms in total. The van der Waals surface area contributed by atoms with Gasteiger partial charge in [0.1, 0.15) is 6.07 Å². The lowest BCUT2D eigenvalue weighted by atomic mass is 10.2. The number of hydrogen-bond donors (Lipinski definition) is 1. The highest BCUT2D eigenvalue weighted by atomic mass is 35.5. The molecule has 0 saturated carbocycles.